The van der Waals surface area contributed by atoms with Gasteiger partial charge in [0.25, 0.3) is 0 Å². The van der Waals surface area contributed by atoms with E-state index in [4.69, 9.17) is 0 Å². The van der Waals surface area contributed by atoms with Crippen molar-refractivity contribution >= 4 is 5.91 Å². The molecule has 1 unspecified atom stereocenters. The summed E-state index contributed by atoms with van der Waals surface area (Å²) in [4.78, 5) is 14.5. The molecule has 1 saturated heterocycles. The van der Waals surface area contributed by atoms with Crippen LogP contribution in [0, 0.1) is 5.92 Å². The summed E-state index contributed by atoms with van der Waals surface area (Å²) >= 11 is 0. The summed E-state index contributed by atoms with van der Waals surface area (Å²) in [5, 5.41) is 7.06. The highest BCUT2D eigenvalue weighted by molar-refractivity contribution is 5.79. The van der Waals surface area contributed by atoms with Crippen molar-refractivity contribution in [2.24, 2.45) is 5.92 Å². The molecule has 1 saturated carbocycles. The maximum atomic E-state index is 12.4. The van der Waals surface area contributed by atoms with Gasteiger partial charge in [-0.15, -0.1) is 0 Å². The van der Waals surface area contributed by atoms with Crippen molar-refractivity contribution in [3.05, 3.63) is 18.0 Å². The van der Waals surface area contributed by atoms with Crippen LogP contribution in [0.5, 0.6) is 0 Å². The summed E-state index contributed by atoms with van der Waals surface area (Å²) < 4.78 is 0. The number of rotatable bonds is 2. The highest BCUT2D eigenvalue weighted by atomic mass is 16.2. The van der Waals surface area contributed by atoms with Crippen LogP contribution in [0.25, 0.3) is 0 Å². The smallest absolute Gasteiger partial charge is 0.225 e. The first-order chi connectivity index (χ1) is 8.84. The minimum Gasteiger partial charge on any atom is -0.342 e. The Bertz CT molecular complexity index is 395. The molecule has 4 heteroatoms. The van der Waals surface area contributed by atoms with Crippen LogP contribution in [0.2, 0.25) is 0 Å². The Morgan fingerprint density at radius 1 is 1.28 bits per heavy atom. The maximum Gasteiger partial charge on any atom is 0.225 e. The summed E-state index contributed by atoms with van der Waals surface area (Å²) in [5.41, 5.74) is 1.18. The van der Waals surface area contributed by atoms with Crippen LogP contribution < -0.4 is 0 Å². The molecule has 0 aromatic carbocycles. The fourth-order valence-corrected chi connectivity index (χ4v) is 3.36. The SMILES string of the molecule is O=C(C1CCCC1)N1CCCC(c2ccn[nH]2)C1. The number of nitrogens with one attached hydrogen (secondary N) is 1. The van der Waals surface area contributed by atoms with Gasteiger partial charge in [0, 0.05) is 36.8 Å². The number of carbonyl (C=O) groups is 1. The Hall–Kier alpha value is -1.32. The van der Waals surface area contributed by atoms with E-state index in [1.807, 2.05) is 6.07 Å². The van der Waals surface area contributed by atoms with Crippen molar-refractivity contribution in [3.63, 3.8) is 0 Å². The lowest BCUT2D eigenvalue weighted by Gasteiger charge is -2.33. The van der Waals surface area contributed by atoms with Gasteiger partial charge in [0.15, 0.2) is 0 Å². The molecule has 0 radical (unpaired) electrons. The first-order valence-electron chi connectivity index (χ1n) is 7.12. The lowest BCUT2D eigenvalue weighted by Crippen LogP contribution is -2.41. The number of carbonyl (C=O) groups excluding carboxylic acids is 1. The molecule has 4 nitrogen and oxygen atoms in total. The zero-order chi connectivity index (χ0) is 12.4. The number of piperidine rings is 1. The molecule has 1 aromatic rings. The number of nitrogens with zero attached hydrogens (tertiary/aromatic N) is 2. The Morgan fingerprint density at radius 2 is 2.11 bits per heavy atom. The minimum absolute atomic E-state index is 0.311. The quantitative estimate of drug-likeness (QED) is 0.871. The summed E-state index contributed by atoms with van der Waals surface area (Å²) in [6.45, 7) is 1.82. The average molecular weight is 247 g/mol. The average Bonchev–Trinajstić information content (AvgIpc) is 3.11. The molecule has 1 aliphatic carbocycles. The zero-order valence-electron chi connectivity index (χ0n) is 10.8. The summed E-state index contributed by atoms with van der Waals surface area (Å²) in [7, 11) is 0. The van der Waals surface area contributed by atoms with E-state index in [0.717, 1.165) is 38.8 Å². The monoisotopic (exact) mass is 247 g/mol. The largest absolute Gasteiger partial charge is 0.342 e. The first kappa shape index (κ1) is 11.8. The van der Waals surface area contributed by atoms with Gasteiger partial charge >= 0.3 is 0 Å². The second-order valence-electron chi connectivity index (χ2n) is 5.62. The molecule has 1 aliphatic heterocycles. The van der Waals surface area contributed by atoms with Gasteiger partial charge < -0.3 is 4.90 Å². The van der Waals surface area contributed by atoms with Crippen LogP contribution in [-0.2, 0) is 4.79 Å². The summed E-state index contributed by atoms with van der Waals surface area (Å²) in [6, 6.07) is 2.04. The predicted molar refractivity (Wildman–Crippen MR) is 69.1 cm³/mol. The number of likely N-dealkylation sites (tertiary alicyclic amines) is 1. The van der Waals surface area contributed by atoms with Gasteiger partial charge in [-0.05, 0) is 31.7 Å². The molecule has 0 spiro atoms. The first-order valence-corrected chi connectivity index (χ1v) is 7.12. The zero-order valence-corrected chi connectivity index (χ0v) is 10.8. The third kappa shape index (κ3) is 2.28. The van der Waals surface area contributed by atoms with Crippen LogP contribution in [0.15, 0.2) is 12.3 Å². The van der Waals surface area contributed by atoms with E-state index in [1.54, 1.807) is 6.20 Å². The second-order valence-corrected chi connectivity index (χ2v) is 5.62. The minimum atomic E-state index is 0.311. The van der Waals surface area contributed by atoms with E-state index in [1.165, 1.54) is 18.5 Å². The van der Waals surface area contributed by atoms with E-state index >= 15 is 0 Å². The topological polar surface area (TPSA) is 49.0 Å². The highest BCUT2D eigenvalue weighted by Gasteiger charge is 2.31. The van der Waals surface area contributed by atoms with Crippen LogP contribution in [0.4, 0.5) is 0 Å². The third-order valence-corrected chi connectivity index (χ3v) is 4.40. The van der Waals surface area contributed by atoms with Gasteiger partial charge in [0.05, 0.1) is 0 Å². The number of hydrogen-bond acceptors (Lipinski definition) is 2. The molecule has 1 amide bonds. The molecule has 18 heavy (non-hydrogen) atoms. The molecular weight excluding hydrogens is 226 g/mol. The Labute approximate surface area is 108 Å². The standard InChI is InChI=1S/C14H21N3O/c18-14(11-4-1-2-5-11)17-9-3-6-12(10-17)13-7-8-15-16-13/h7-8,11-12H,1-6,9-10H2,(H,15,16). The molecule has 98 valence electrons. The second kappa shape index (κ2) is 5.12. The lowest BCUT2D eigenvalue weighted by molar-refractivity contribution is -0.136. The van der Waals surface area contributed by atoms with Gasteiger partial charge in [0.2, 0.25) is 5.91 Å². The van der Waals surface area contributed by atoms with Crippen molar-refractivity contribution in [2.75, 3.05) is 13.1 Å². The number of aromatic amines is 1. The van der Waals surface area contributed by atoms with Crippen LogP contribution in [-0.4, -0.2) is 34.1 Å². The van der Waals surface area contributed by atoms with E-state index < -0.39 is 0 Å². The molecule has 2 heterocycles. The van der Waals surface area contributed by atoms with E-state index in [9.17, 15) is 4.79 Å². The van der Waals surface area contributed by atoms with Crippen molar-refractivity contribution in [1.29, 1.82) is 0 Å². The number of aromatic nitrogens is 2. The van der Waals surface area contributed by atoms with Crippen molar-refractivity contribution in [3.8, 4) is 0 Å². The van der Waals surface area contributed by atoms with E-state index in [-0.39, 0.29) is 0 Å². The van der Waals surface area contributed by atoms with E-state index in [2.05, 4.69) is 15.1 Å². The molecule has 0 bridgehead atoms. The van der Waals surface area contributed by atoms with Crippen molar-refractivity contribution in [1.82, 2.24) is 15.1 Å². The van der Waals surface area contributed by atoms with Gasteiger partial charge in [0.1, 0.15) is 0 Å². The predicted octanol–water partition coefficient (Wildman–Crippen LogP) is 2.31. The van der Waals surface area contributed by atoms with Crippen molar-refractivity contribution < 1.29 is 4.79 Å². The number of H-pyrrole nitrogens is 1. The fraction of sp³-hybridized carbons (Fsp3) is 0.714. The normalized spacial score (nSPS) is 25.6. The number of amides is 1. The van der Waals surface area contributed by atoms with Gasteiger partial charge in [-0.1, -0.05) is 12.8 Å². The molecule has 3 rings (SSSR count). The van der Waals surface area contributed by atoms with Crippen LogP contribution >= 0.6 is 0 Å². The molecule has 2 aliphatic rings. The van der Waals surface area contributed by atoms with Gasteiger partial charge in [-0.25, -0.2) is 0 Å². The molecular formula is C14H21N3O. The molecule has 1 atom stereocenters. The van der Waals surface area contributed by atoms with Crippen LogP contribution in [0.1, 0.15) is 50.1 Å². The Morgan fingerprint density at radius 3 is 2.83 bits per heavy atom. The number of hydrogen-bond donors (Lipinski definition) is 1. The van der Waals surface area contributed by atoms with E-state index in [0.29, 0.717) is 17.7 Å². The summed E-state index contributed by atoms with van der Waals surface area (Å²) in [5.74, 6) is 1.16. The molecule has 1 aromatic heterocycles. The maximum absolute atomic E-state index is 12.4. The van der Waals surface area contributed by atoms with Crippen molar-refractivity contribution in [2.45, 2.75) is 44.4 Å². The highest BCUT2D eigenvalue weighted by Crippen LogP contribution is 2.30. The summed E-state index contributed by atoms with van der Waals surface area (Å²) in [6.07, 6.45) is 8.74. The van der Waals surface area contributed by atoms with Crippen LogP contribution in [0.3, 0.4) is 0 Å². The third-order valence-electron chi connectivity index (χ3n) is 4.40. The lowest BCUT2D eigenvalue weighted by atomic mass is 9.93. The molecule has 2 fully saturated rings. The molecule has 1 N–H and O–H groups in total. The van der Waals surface area contributed by atoms with Gasteiger partial charge in [-0.3, -0.25) is 9.89 Å². The fourth-order valence-electron chi connectivity index (χ4n) is 3.36. The Kier molecular flexibility index (Phi) is 3.35. The Balaban J connectivity index is 1.64. The van der Waals surface area contributed by atoms with Gasteiger partial charge in [-0.2, -0.15) is 5.10 Å².